The van der Waals surface area contributed by atoms with Gasteiger partial charge in [0, 0.05) is 5.69 Å². The van der Waals surface area contributed by atoms with Crippen LogP contribution < -0.4 is 5.32 Å². The van der Waals surface area contributed by atoms with Crippen molar-refractivity contribution in [3.8, 4) is 22.7 Å². The van der Waals surface area contributed by atoms with Crippen molar-refractivity contribution < 1.29 is 24.2 Å². The molecule has 31 heavy (non-hydrogen) atoms. The van der Waals surface area contributed by atoms with Crippen LogP contribution in [0, 0.1) is 5.82 Å². The average molecular weight is 484 g/mol. The predicted octanol–water partition coefficient (Wildman–Crippen LogP) is 4.11. The molecular weight excluding hydrogens is 469 g/mol. The van der Waals surface area contributed by atoms with Crippen molar-refractivity contribution in [1.29, 1.82) is 0 Å². The van der Waals surface area contributed by atoms with Gasteiger partial charge in [-0.1, -0.05) is 18.2 Å². The number of nitrogens with one attached hydrogen (secondary N) is 1. The summed E-state index contributed by atoms with van der Waals surface area (Å²) in [6, 6.07) is 15.2. The van der Waals surface area contributed by atoms with E-state index in [9.17, 15) is 19.1 Å². The van der Waals surface area contributed by atoms with E-state index >= 15 is 0 Å². The van der Waals surface area contributed by atoms with Crippen molar-refractivity contribution in [2.45, 2.75) is 0 Å². The number of hydrogen-bond acceptors (Lipinski definition) is 4. The van der Waals surface area contributed by atoms with E-state index in [4.69, 9.17) is 5.11 Å². The highest BCUT2D eigenvalue weighted by Gasteiger charge is 2.25. The first-order valence-corrected chi connectivity index (χ1v) is 9.91. The lowest BCUT2D eigenvalue weighted by atomic mass is 10.1. The maximum Gasteiger partial charge on any atom is 0.322 e. The number of nitrogens with zero attached hydrogens (tertiary/aromatic N) is 2. The van der Waals surface area contributed by atoms with Gasteiger partial charge in [-0.2, -0.15) is 0 Å². The zero-order valence-corrected chi connectivity index (χ0v) is 17.4. The summed E-state index contributed by atoms with van der Waals surface area (Å²) in [7, 11) is 0. The summed E-state index contributed by atoms with van der Waals surface area (Å²) in [6.45, 7) is -0.606. The number of aromatic nitrogens is 2. The van der Waals surface area contributed by atoms with Gasteiger partial charge in [0.1, 0.15) is 12.4 Å². The third-order valence-corrected chi connectivity index (χ3v) is 5.44. The number of aromatic hydroxyl groups is 1. The Hall–Kier alpha value is -3.72. The number of pyridine rings is 1. The largest absolute Gasteiger partial charge is 0.505 e. The van der Waals surface area contributed by atoms with Crippen LogP contribution in [0.4, 0.5) is 4.39 Å². The molecule has 0 atom stereocenters. The molecule has 0 bridgehead atoms. The topological polar surface area (TPSA) is 104 Å². The second-order valence-electron chi connectivity index (χ2n) is 6.63. The number of rotatable bonds is 5. The van der Waals surface area contributed by atoms with Crippen LogP contribution in [0.2, 0.25) is 0 Å². The Morgan fingerprint density at radius 1 is 1.10 bits per heavy atom. The maximum absolute atomic E-state index is 13.5. The first-order valence-electron chi connectivity index (χ1n) is 9.11. The van der Waals surface area contributed by atoms with Crippen molar-refractivity contribution >= 4 is 38.7 Å². The lowest BCUT2D eigenvalue weighted by Crippen LogP contribution is -2.29. The number of carbonyl (C=O) groups excluding carboxylic acids is 1. The molecule has 1 amide bonds. The van der Waals surface area contributed by atoms with Gasteiger partial charge in [0.15, 0.2) is 11.4 Å². The number of carbonyl (C=O) groups is 2. The van der Waals surface area contributed by atoms with Crippen LogP contribution in [0.1, 0.15) is 10.5 Å². The van der Waals surface area contributed by atoms with Crippen molar-refractivity contribution in [2.24, 2.45) is 0 Å². The second-order valence-corrected chi connectivity index (χ2v) is 7.43. The van der Waals surface area contributed by atoms with Crippen molar-refractivity contribution in [3.63, 3.8) is 0 Å². The summed E-state index contributed by atoms with van der Waals surface area (Å²) in [5, 5.41) is 22.1. The highest BCUT2D eigenvalue weighted by Crippen LogP contribution is 2.44. The number of aliphatic carboxylic acids is 1. The molecule has 7 nitrogen and oxygen atoms in total. The molecule has 0 saturated carbocycles. The van der Waals surface area contributed by atoms with Crippen LogP contribution in [0.15, 0.2) is 65.3 Å². The molecule has 0 aliphatic carbocycles. The van der Waals surface area contributed by atoms with Crippen LogP contribution in [0.25, 0.3) is 27.8 Å². The Morgan fingerprint density at radius 3 is 2.42 bits per heavy atom. The summed E-state index contributed by atoms with van der Waals surface area (Å²) in [5.41, 5.74) is 2.27. The van der Waals surface area contributed by atoms with Gasteiger partial charge in [-0.15, -0.1) is 0 Å². The van der Waals surface area contributed by atoms with E-state index in [0.717, 1.165) is 5.69 Å². The molecular formula is C22H15BrFN3O4. The smallest absolute Gasteiger partial charge is 0.322 e. The number of hydrogen-bond donors (Lipinski definition) is 3. The maximum atomic E-state index is 13.5. The third kappa shape index (κ3) is 3.75. The Bertz CT molecular complexity index is 1300. The Balaban J connectivity index is 1.98. The van der Waals surface area contributed by atoms with Crippen LogP contribution in [0.5, 0.6) is 5.75 Å². The molecule has 156 valence electrons. The quantitative estimate of drug-likeness (QED) is 0.396. The summed E-state index contributed by atoms with van der Waals surface area (Å²) < 4.78 is 15.8. The lowest BCUT2D eigenvalue weighted by Gasteiger charge is -2.12. The molecule has 0 aliphatic rings. The number of carboxylic acid groups (broad SMARTS) is 1. The molecule has 3 N–H and O–H groups in total. The Labute approximate surface area is 183 Å². The highest BCUT2D eigenvalue weighted by atomic mass is 79.9. The number of carboxylic acids is 1. The van der Waals surface area contributed by atoms with E-state index in [1.54, 1.807) is 12.1 Å². The lowest BCUT2D eigenvalue weighted by molar-refractivity contribution is -0.135. The molecule has 4 aromatic rings. The zero-order valence-electron chi connectivity index (χ0n) is 15.8. The van der Waals surface area contributed by atoms with Crippen LogP contribution in [0.3, 0.4) is 0 Å². The van der Waals surface area contributed by atoms with Crippen molar-refractivity contribution in [2.75, 3.05) is 6.54 Å². The fourth-order valence-corrected chi connectivity index (χ4v) is 4.13. The predicted molar refractivity (Wildman–Crippen MR) is 116 cm³/mol. The molecule has 2 heterocycles. The van der Waals surface area contributed by atoms with Crippen LogP contribution in [-0.4, -0.2) is 38.2 Å². The normalized spacial score (nSPS) is 10.9. The van der Waals surface area contributed by atoms with Gasteiger partial charge in [0.05, 0.1) is 27.3 Å². The molecule has 4 rings (SSSR count). The summed E-state index contributed by atoms with van der Waals surface area (Å²) >= 11 is 3.52. The zero-order chi connectivity index (χ0) is 22.1. The molecule has 0 fully saturated rings. The number of fused-ring (bicyclic) bond motifs is 1. The van der Waals surface area contributed by atoms with Crippen LogP contribution >= 0.6 is 15.9 Å². The van der Waals surface area contributed by atoms with Gasteiger partial charge >= 0.3 is 5.97 Å². The molecule has 0 spiro atoms. The molecule has 0 aliphatic heterocycles. The minimum Gasteiger partial charge on any atom is -0.505 e. The fraction of sp³-hybridized carbons (Fsp3) is 0.0455. The van der Waals surface area contributed by atoms with E-state index in [0.29, 0.717) is 26.6 Å². The Morgan fingerprint density at radius 2 is 1.77 bits per heavy atom. The molecule has 0 unspecified atom stereocenters. The highest BCUT2D eigenvalue weighted by molar-refractivity contribution is 9.10. The molecule has 0 radical (unpaired) electrons. The van der Waals surface area contributed by atoms with E-state index in [-0.39, 0.29) is 11.5 Å². The van der Waals surface area contributed by atoms with Gasteiger partial charge in [0.25, 0.3) is 5.91 Å². The van der Waals surface area contributed by atoms with E-state index in [2.05, 4.69) is 26.2 Å². The minimum absolute atomic E-state index is 0.301. The number of benzene rings is 2. The van der Waals surface area contributed by atoms with Gasteiger partial charge < -0.3 is 20.1 Å². The van der Waals surface area contributed by atoms with Gasteiger partial charge in [-0.3, -0.25) is 9.59 Å². The molecule has 9 heteroatoms. The minimum atomic E-state index is -1.22. The number of para-hydroxylation sites is 1. The number of halogens is 2. The Kier molecular flexibility index (Phi) is 5.43. The first kappa shape index (κ1) is 20.5. The molecule has 2 aromatic heterocycles. The summed E-state index contributed by atoms with van der Waals surface area (Å²) in [6.07, 6.45) is 1.43. The van der Waals surface area contributed by atoms with Gasteiger partial charge in [-0.25, -0.2) is 9.37 Å². The standard InChI is InChI=1S/C22H15BrFN3O4/c23-18-17-15(10-25-19(21(17)30)22(31)26-11-16(28)29)27(14-4-2-1-3-5-14)20(18)12-6-8-13(24)9-7-12/h1-10,30H,11H2,(H,26,31)(H,28,29). The van der Waals surface area contributed by atoms with Gasteiger partial charge in [-0.05, 0) is 57.9 Å². The fourth-order valence-electron chi connectivity index (χ4n) is 3.33. The number of amides is 1. The molecule has 2 aromatic carbocycles. The third-order valence-electron chi connectivity index (χ3n) is 4.67. The van der Waals surface area contributed by atoms with E-state index in [1.807, 2.05) is 34.9 Å². The second kappa shape index (κ2) is 8.19. The molecule has 0 saturated heterocycles. The first-order chi connectivity index (χ1) is 14.9. The average Bonchev–Trinajstić information content (AvgIpc) is 3.06. The summed E-state index contributed by atoms with van der Waals surface area (Å²) in [4.78, 5) is 27.1. The van der Waals surface area contributed by atoms with Crippen LogP contribution in [-0.2, 0) is 4.79 Å². The SMILES string of the molecule is O=C(O)CNC(=O)c1ncc2c(c1O)c(Br)c(-c1ccc(F)cc1)n2-c1ccccc1. The monoisotopic (exact) mass is 483 g/mol. The van der Waals surface area contributed by atoms with Crippen molar-refractivity contribution in [3.05, 3.63) is 76.8 Å². The van der Waals surface area contributed by atoms with E-state index < -0.39 is 24.2 Å². The van der Waals surface area contributed by atoms with E-state index in [1.165, 1.54) is 18.3 Å². The summed E-state index contributed by atoms with van der Waals surface area (Å²) in [5.74, 6) is -2.82. The van der Waals surface area contributed by atoms with Gasteiger partial charge in [0.2, 0.25) is 0 Å². The van der Waals surface area contributed by atoms with Crippen molar-refractivity contribution in [1.82, 2.24) is 14.9 Å².